The topological polar surface area (TPSA) is 41.6 Å². The van der Waals surface area contributed by atoms with Gasteiger partial charge in [-0.15, -0.1) is 12.4 Å². The summed E-state index contributed by atoms with van der Waals surface area (Å²) in [5.74, 6) is 0.455. The molecule has 126 valence electrons. The third-order valence-corrected chi connectivity index (χ3v) is 5.33. The molecule has 2 heterocycles. The Morgan fingerprint density at radius 3 is 2.87 bits per heavy atom. The molecule has 1 saturated heterocycles. The summed E-state index contributed by atoms with van der Waals surface area (Å²) in [6.45, 7) is 4.47. The average Bonchev–Trinajstić information content (AvgIpc) is 3.19. The van der Waals surface area contributed by atoms with Crippen LogP contribution in [0.1, 0.15) is 26.2 Å². The number of benzene rings is 1. The number of amides is 1. The van der Waals surface area contributed by atoms with Gasteiger partial charge in [-0.25, -0.2) is 4.39 Å². The molecule has 23 heavy (non-hydrogen) atoms. The van der Waals surface area contributed by atoms with E-state index >= 15 is 0 Å². The minimum Gasteiger partial charge on any atom is -0.487 e. The van der Waals surface area contributed by atoms with Gasteiger partial charge >= 0.3 is 0 Å². The van der Waals surface area contributed by atoms with Gasteiger partial charge < -0.3 is 15.0 Å². The van der Waals surface area contributed by atoms with E-state index in [1.807, 2.05) is 11.8 Å². The summed E-state index contributed by atoms with van der Waals surface area (Å²) in [6.07, 6.45) is 3.05. The maximum Gasteiger partial charge on any atom is 0.230 e. The molecule has 1 aromatic carbocycles. The molecule has 2 aliphatic heterocycles. The maximum atomic E-state index is 13.4. The highest BCUT2D eigenvalue weighted by Crippen LogP contribution is 2.59. The van der Waals surface area contributed by atoms with E-state index in [1.54, 1.807) is 6.07 Å². The van der Waals surface area contributed by atoms with Crippen LogP contribution in [-0.4, -0.2) is 31.6 Å². The van der Waals surface area contributed by atoms with Gasteiger partial charge in [0.1, 0.15) is 17.7 Å². The van der Waals surface area contributed by atoms with Gasteiger partial charge in [0.2, 0.25) is 5.91 Å². The molecule has 1 amide bonds. The van der Waals surface area contributed by atoms with E-state index in [1.165, 1.54) is 12.1 Å². The van der Waals surface area contributed by atoms with E-state index in [9.17, 15) is 9.18 Å². The van der Waals surface area contributed by atoms with Gasteiger partial charge in [-0.3, -0.25) is 4.79 Å². The lowest BCUT2D eigenvalue weighted by atomic mass is 9.91. The zero-order valence-corrected chi connectivity index (χ0v) is 14.0. The molecule has 2 atom stereocenters. The van der Waals surface area contributed by atoms with Crippen LogP contribution in [0.3, 0.4) is 0 Å². The predicted molar refractivity (Wildman–Crippen MR) is 88.7 cm³/mol. The van der Waals surface area contributed by atoms with Crippen molar-refractivity contribution in [1.29, 1.82) is 0 Å². The fraction of sp³-hybridized carbons (Fsp3) is 0.588. The summed E-state index contributed by atoms with van der Waals surface area (Å²) in [5, 5.41) is 3.36. The van der Waals surface area contributed by atoms with Crippen molar-refractivity contribution in [3.8, 4) is 5.75 Å². The van der Waals surface area contributed by atoms with E-state index in [0.29, 0.717) is 18.0 Å². The van der Waals surface area contributed by atoms with Gasteiger partial charge in [0.25, 0.3) is 0 Å². The third kappa shape index (κ3) is 2.81. The zero-order chi connectivity index (χ0) is 15.3. The molecule has 1 N–H and O–H groups in total. The Balaban J connectivity index is 0.00000156. The number of carbonyl (C=O) groups excluding carboxylic acids is 1. The molecule has 0 bridgehead atoms. The molecule has 2 fully saturated rings. The van der Waals surface area contributed by atoms with Gasteiger partial charge in [-0.1, -0.05) is 0 Å². The second-order valence-corrected chi connectivity index (χ2v) is 6.86. The number of ether oxygens (including phenoxy) is 1. The number of nitrogens with zero attached hydrogens (tertiary/aromatic N) is 1. The third-order valence-electron chi connectivity index (χ3n) is 5.33. The average molecular weight is 341 g/mol. The molecule has 3 aliphatic rings. The molecule has 2 unspecified atom stereocenters. The Morgan fingerprint density at radius 2 is 2.13 bits per heavy atom. The molecule has 0 radical (unpaired) electrons. The molecule has 1 aromatic rings. The first-order valence-corrected chi connectivity index (χ1v) is 8.07. The minimum absolute atomic E-state index is 0. The van der Waals surface area contributed by atoms with Crippen LogP contribution < -0.4 is 15.0 Å². The largest absolute Gasteiger partial charge is 0.487 e. The smallest absolute Gasteiger partial charge is 0.230 e. The predicted octanol–water partition coefficient (Wildman–Crippen LogP) is 2.75. The summed E-state index contributed by atoms with van der Waals surface area (Å²) in [5.41, 5.74) is 0.921. The van der Waals surface area contributed by atoms with E-state index in [-0.39, 0.29) is 41.6 Å². The standard InChI is InChI=1S/C17H21FN2O2.ClH/c1-11-10-20(14-3-2-12(18)8-15(14)22-11)16(21)13-9-17(13)4-6-19-7-5-17;/h2-3,8,11,13,19H,4-7,9-10H2,1H3;1H. The lowest BCUT2D eigenvalue weighted by molar-refractivity contribution is -0.121. The van der Waals surface area contributed by atoms with Crippen molar-refractivity contribution < 1.29 is 13.9 Å². The van der Waals surface area contributed by atoms with Gasteiger partial charge in [-0.2, -0.15) is 0 Å². The summed E-state index contributed by atoms with van der Waals surface area (Å²) in [4.78, 5) is 14.8. The monoisotopic (exact) mass is 340 g/mol. The van der Waals surface area contributed by atoms with Crippen molar-refractivity contribution >= 4 is 24.0 Å². The van der Waals surface area contributed by atoms with Crippen LogP contribution >= 0.6 is 12.4 Å². The quantitative estimate of drug-likeness (QED) is 0.854. The van der Waals surface area contributed by atoms with Gasteiger partial charge in [0.05, 0.1) is 12.2 Å². The fourth-order valence-electron chi connectivity index (χ4n) is 3.99. The Bertz CT molecular complexity index is 619. The Kier molecular flexibility index (Phi) is 4.27. The lowest BCUT2D eigenvalue weighted by Gasteiger charge is -2.34. The highest BCUT2D eigenvalue weighted by atomic mass is 35.5. The van der Waals surface area contributed by atoms with Crippen molar-refractivity contribution in [3.63, 3.8) is 0 Å². The number of rotatable bonds is 1. The number of hydrogen-bond donors (Lipinski definition) is 1. The van der Waals surface area contributed by atoms with Crippen molar-refractivity contribution in [3.05, 3.63) is 24.0 Å². The van der Waals surface area contributed by atoms with Crippen LogP contribution in [-0.2, 0) is 4.79 Å². The number of hydrogen-bond acceptors (Lipinski definition) is 3. The summed E-state index contributed by atoms with van der Waals surface area (Å²) >= 11 is 0. The van der Waals surface area contributed by atoms with Crippen LogP contribution in [0.25, 0.3) is 0 Å². The number of fused-ring (bicyclic) bond motifs is 1. The first-order chi connectivity index (χ1) is 10.6. The number of anilines is 1. The number of piperidine rings is 1. The number of carbonyl (C=O) groups is 1. The van der Waals surface area contributed by atoms with Gasteiger partial charge in [0, 0.05) is 12.0 Å². The van der Waals surface area contributed by atoms with Crippen LogP contribution in [0.2, 0.25) is 0 Å². The Morgan fingerprint density at radius 1 is 1.39 bits per heavy atom. The summed E-state index contributed by atoms with van der Waals surface area (Å²) < 4.78 is 19.1. The Labute approximate surface area is 141 Å². The first kappa shape index (κ1) is 16.5. The maximum absolute atomic E-state index is 13.4. The molecule has 4 rings (SSSR count). The van der Waals surface area contributed by atoms with E-state index in [4.69, 9.17) is 4.74 Å². The molecule has 1 aliphatic carbocycles. The van der Waals surface area contributed by atoms with Crippen LogP contribution in [0, 0.1) is 17.2 Å². The SMILES string of the molecule is CC1CN(C(=O)C2CC23CCNCC3)c2ccc(F)cc2O1.Cl. The van der Waals surface area contributed by atoms with Crippen LogP contribution in [0.4, 0.5) is 10.1 Å². The Hall–Kier alpha value is -1.33. The van der Waals surface area contributed by atoms with E-state index in [2.05, 4.69) is 5.32 Å². The number of halogens is 2. The normalized spacial score (nSPS) is 27.7. The highest BCUT2D eigenvalue weighted by Gasteiger charge is 2.59. The molecule has 4 nitrogen and oxygen atoms in total. The van der Waals surface area contributed by atoms with E-state index in [0.717, 1.165) is 32.4 Å². The fourth-order valence-corrected chi connectivity index (χ4v) is 3.99. The number of nitrogens with one attached hydrogen (secondary N) is 1. The van der Waals surface area contributed by atoms with Gasteiger partial charge in [0.15, 0.2) is 0 Å². The van der Waals surface area contributed by atoms with E-state index < -0.39 is 0 Å². The molecule has 0 aromatic heterocycles. The van der Waals surface area contributed by atoms with Crippen LogP contribution in [0.15, 0.2) is 18.2 Å². The van der Waals surface area contributed by atoms with Crippen LogP contribution in [0.5, 0.6) is 5.75 Å². The second kappa shape index (κ2) is 5.95. The molecule has 6 heteroatoms. The molecular formula is C17H22ClFN2O2. The molecule has 1 spiro atoms. The molecular weight excluding hydrogens is 319 g/mol. The first-order valence-electron chi connectivity index (χ1n) is 8.07. The van der Waals surface area contributed by atoms with Crippen molar-refractivity contribution in [2.75, 3.05) is 24.5 Å². The molecule has 1 saturated carbocycles. The minimum atomic E-state index is -0.332. The lowest BCUT2D eigenvalue weighted by Crippen LogP contribution is -2.44. The van der Waals surface area contributed by atoms with Crippen molar-refractivity contribution in [1.82, 2.24) is 5.32 Å². The van der Waals surface area contributed by atoms with Crippen molar-refractivity contribution in [2.45, 2.75) is 32.3 Å². The zero-order valence-electron chi connectivity index (χ0n) is 13.2. The van der Waals surface area contributed by atoms with Crippen molar-refractivity contribution in [2.24, 2.45) is 11.3 Å². The summed E-state index contributed by atoms with van der Waals surface area (Å²) in [7, 11) is 0. The summed E-state index contributed by atoms with van der Waals surface area (Å²) in [6, 6.07) is 4.43. The highest BCUT2D eigenvalue weighted by molar-refractivity contribution is 5.99. The second-order valence-electron chi connectivity index (χ2n) is 6.86. The van der Waals surface area contributed by atoms with Gasteiger partial charge in [-0.05, 0) is 56.8 Å².